The van der Waals surface area contributed by atoms with Gasteiger partial charge in [0.25, 0.3) is 0 Å². The fourth-order valence-electron chi connectivity index (χ4n) is 4.50. The summed E-state index contributed by atoms with van der Waals surface area (Å²) in [5, 5.41) is 6.72. The molecular formula is C21H22N2O2. The van der Waals surface area contributed by atoms with E-state index in [4.69, 9.17) is 4.74 Å². The summed E-state index contributed by atoms with van der Waals surface area (Å²) in [5.74, 6) is 2.02. The first-order chi connectivity index (χ1) is 12.3. The van der Waals surface area contributed by atoms with Crippen molar-refractivity contribution in [2.75, 3.05) is 13.1 Å². The van der Waals surface area contributed by atoms with Gasteiger partial charge in [-0.05, 0) is 49.9 Å². The lowest BCUT2D eigenvalue weighted by atomic mass is 9.91. The molecule has 1 atom stereocenters. The molecule has 1 unspecified atom stereocenters. The van der Waals surface area contributed by atoms with Gasteiger partial charge < -0.3 is 15.4 Å². The highest BCUT2D eigenvalue weighted by atomic mass is 16.5. The highest BCUT2D eigenvalue weighted by Gasteiger charge is 2.57. The van der Waals surface area contributed by atoms with Crippen molar-refractivity contribution in [3.8, 4) is 11.5 Å². The molecule has 2 fully saturated rings. The smallest absolute Gasteiger partial charge is 0.224 e. The summed E-state index contributed by atoms with van der Waals surface area (Å²) >= 11 is 0. The van der Waals surface area contributed by atoms with Gasteiger partial charge in [-0.3, -0.25) is 4.79 Å². The number of fused-ring (bicyclic) bond motifs is 2. The van der Waals surface area contributed by atoms with Crippen molar-refractivity contribution in [1.82, 2.24) is 10.6 Å². The van der Waals surface area contributed by atoms with Crippen LogP contribution in [0.5, 0.6) is 11.5 Å². The van der Waals surface area contributed by atoms with Gasteiger partial charge in [0.1, 0.15) is 11.5 Å². The monoisotopic (exact) mass is 334 g/mol. The van der Waals surface area contributed by atoms with Gasteiger partial charge in [-0.15, -0.1) is 0 Å². The number of nitrogens with one attached hydrogen (secondary N) is 2. The van der Waals surface area contributed by atoms with Crippen LogP contribution in [0.15, 0.2) is 48.5 Å². The largest absolute Gasteiger partial charge is 0.457 e. The van der Waals surface area contributed by atoms with Crippen LogP contribution in [-0.4, -0.2) is 19.0 Å². The number of hydrogen-bond donors (Lipinski definition) is 2. The maximum absolute atomic E-state index is 13.0. The number of carbonyl (C=O) groups excluding carboxylic acids is 1. The molecule has 1 aliphatic carbocycles. The number of rotatable bonds is 2. The molecule has 2 N–H and O–H groups in total. The van der Waals surface area contributed by atoms with E-state index in [-0.39, 0.29) is 23.3 Å². The van der Waals surface area contributed by atoms with E-state index in [1.807, 2.05) is 48.5 Å². The normalized spacial score (nSPS) is 23.3. The van der Waals surface area contributed by atoms with E-state index in [1.165, 1.54) is 0 Å². The molecule has 2 heterocycles. The van der Waals surface area contributed by atoms with E-state index in [9.17, 15) is 4.79 Å². The minimum atomic E-state index is -0.131. The topological polar surface area (TPSA) is 50.4 Å². The molecule has 4 heteroatoms. The van der Waals surface area contributed by atoms with Crippen molar-refractivity contribution in [3.63, 3.8) is 0 Å². The number of carbonyl (C=O) groups is 1. The van der Waals surface area contributed by atoms with Crippen LogP contribution in [0, 0.1) is 11.3 Å². The lowest BCUT2D eigenvalue weighted by molar-refractivity contribution is -0.123. The Morgan fingerprint density at radius 2 is 1.60 bits per heavy atom. The van der Waals surface area contributed by atoms with Gasteiger partial charge in [-0.1, -0.05) is 36.4 Å². The quantitative estimate of drug-likeness (QED) is 0.885. The average Bonchev–Trinajstić information content (AvgIpc) is 3.35. The summed E-state index contributed by atoms with van der Waals surface area (Å²) in [6, 6.07) is 15.8. The summed E-state index contributed by atoms with van der Waals surface area (Å²) in [6.07, 6.45) is 3.27. The maximum atomic E-state index is 13.0. The Balaban J connectivity index is 1.43. The highest BCUT2D eigenvalue weighted by molar-refractivity contribution is 5.84. The summed E-state index contributed by atoms with van der Waals surface area (Å²) in [7, 11) is 0. The number of piperidine rings is 1. The molecule has 4 nitrogen and oxygen atoms in total. The Labute approximate surface area is 147 Å². The Bertz CT molecular complexity index is 781. The van der Waals surface area contributed by atoms with E-state index in [0.29, 0.717) is 0 Å². The zero-order chi connectivity index (χ0) is 16.9. The third-order valence-corrected chi connectivity index (χ3v) is 6.07. The second kappa shape index (κ2) is 5.60. The van der Waals surface area contributed by atoms with Gasteiger partial charge in [0.05, 0.1) is 6.04 Å². The molecule has 0 aromatic heterocycles. The number of para-hydroxylation sites is 2. The molecule has 3 aliphatic rings. The molecule has 0 radical (unpaired) electrons. The summed E-state index contributed by atoms with van der Waals surface area (Å²) in [4.78, 5) is 13.0. The van der Waals surface area contributed by atoms with Crippen molar-refractivity contribution in [3.05, 3.63) is 59.7 Å². The van der Waals surface area contributed by atoms with Gasteiger partial charge in [0.2, 0.25) is 5.91 Å². The predicted octanol–water partition coefficient (Wildman–Crippen LogP) is 3.39. The van der Waals surface area contributed by atoms with E-state index in [0.717, 1.165) is 55.0 Å². The fraction of sp³-hybridized carbons (Fsp3) is 0.381. The van der Waals surface area contributed by atoms with Crippen molar-refractivity contribution in [2.24, 2.45) is 11.3 Å². The SMILES string of the molecule is O=C(NC1c2ccccc2Oc2ccccc21)C1CC12CCNCC2. The van der Waals surface area contributed by atoms with Crippen LogP contribution in [0.3, 0.4) is 0 Å². The van der Waals surface area contributed by atoms with Crippen LogP contribution < -0.4 is 15.4 Å². The van der Waals surface area contributed by atoms with E-state index in [2.05, 4.69) is 10.6 Å². The molecule has 2 aromatic carbocycles. The third kappa shape index (κ3) is 2.44. The predicted molar refractivity (Wildman–Crippen MR) is 95.6 cm³/mol. The Morgan fingerprint density at radius 1 is 1.00 bits per heavy atom. The van der Waals surface area contributed by atoms with Gasteiger partial charge in [0, 0.05) is 17.0 Å². The number of amides is 1. The Morgan fingerprint density at radius 3 is 2.24 bits per heavy atom. The zero-order valence-corrected chi connectivity index (χ0v) is 14.1. The molecule has 0 bridgehead atoms. The van der Waals surface area contributed by atoms with Gasteiger partial charge >= 0.3 is 0 Å². The molecule has 2 aromatic rings. The van der Waals surface area contributed by atoms with Gasteiger partial charge in [0.15, 0.2) is 0 Å². The number of ether oxygens (including phenoxy) is 1. The van der Waals surface area contributed by atoms with Crippen LogP contribution >= 0.6 is 0 Å². The van der Waals surface area contributed by atoms with E-state index >= 15 is 0 Å². The summed E-state index contributed by atoms with van der Waals surface area (Å²) in [5.41, 5.74) is 2.32. The van der Waals surface area contributed by atoms with Crippen LogP contribution in [0.4, 0.5) is 0 Å². The third-order valence-electron chi connectivity index (χ3n) is 6.07. The molecule has 2 aliphatic heterocycles. The molecule has 1 amide bonds. The second-order valence-corrected chi connectivity index (χ2v) is 7.49. The molecule has 128 valence electrons. The maximum Gasteiger partial charge on any atom is 0.224 e. The first-order valence-electron chi connectivity index (χ1n) is 9.14. The van der Waals surface area contributed by atoms with Crippen molar-refractivity contribution < 1.29 is 9.53 Å². The average molecular weight is 334 g/mol. The molecule has 1 spiro atoms. The van der Waals surface area contributed by atoms with E-state index < -0.39 is 0 Å². The minimum absolute atomic E-state index is 0.131. The lowest BCUT2D eigenvalue weighted by Crippen LogP contribution is -2.36. The van der Waals surface area contributed by atoms with Gasteiger partial charge in [-0.25, -0.2) is 0 Å². The lowest BCUT2D eigenvalue weighted by Gasteiger charge is -2.29. The summed E-state index contributed by atoms with van der Waals surface area (Å²) < 4.78 is 6.02. The molecule has 1 saturated carbocycles. The van der Waals surface area contributed by atoms with Crippen molar-refractivity contribution >= 4 is 5.91 Å². The number of benzene rings is 2. The molecule has 1 saturated heterocycles. The van der Waals surface area contributed by atoms with E-state index in [1.54, 1.807) is 0 Å². The Hall–Kier alpha value is -2.33. The fourth-order valence-corrected chi connectivity index (χ4v) is 4.50. The van der Waals surface area contributed by atoms with Crippen LogP contribution in [0.2, 0.25) is 0 Å². The second-order valence-electron chi connectivity index (χ2n) is 7.49. The molecule has 5 rings (SSSR count). The van der Waals surface area contributed by atoms with Crippen LogP contribution in [0.25, 0.3) is 0 Å². The highest BCUT2D eigenvalue weighted by Crippen LogP contribution is 2.59. The van der Waals surface area contributed by atoms with Crippen LogP contribution in [-0.2, 0) is 4.79 Å². The van der Waals surface area contributed by atoms with Crippen molar-refractivity contribution in [1.29, 1.82) is 0 Å². The molecule has 25 heavy (non-hydrogen) atoms. The zero-order valence-electron chi connectivity index (χ0n) is 14.1. The minimum Gasteiger partial charge on any atom is -0.457 e. The standard InChI is InChI=1S/C21H22N2O2/c24-20(16-13-21(16)9-11-22-12-10-21)23-19-14-5-1-3-7-17(14)25-18-8-4-2-6-15(18)19/h1-8,16,19,22H,9-13H2,(H,23,24). The summed E-state index contributed by atoms with van der Waals surface area (Å²) in [6.45, 7) is 2.07. The first kappa shape index (κ1) is 15.0. The first-order valence-corrected chi connectivity index (χ1v) is 9.14. The Kier molecular flexibility index (Phi) is 3.35. The molecular weight excluding hydrogens is 312 g/mol. The van der Waals surface area contributed by atoms with Gasteiger partial charge in [-0.2, -0.15) is 0 Å². The van der Waals surface area contributed by atoms with Crippen molar-refractivity contribution in [2.45, 2.75) is 25.3 Å². The number of hydrogen-bond acceptors (Lipinski definition) is 3. The van der Waals surface area contributed by atoms with Crippen LogP contribution in [0.1, 0.15) is 36.4 Å².